The van der Waals surface area contributed by atoms with E-state index in [2.05, 4.69) is 45.9 Å². The van der Waals surface area contributed by atoms with E-state index in [1.165, 1.54) is 29.7 Å². The molecule has 0 amide bonds. The van der Waals surface area contributed by atoms with Gasteiger partial charge in [-0.25, -0.2) is 4.98 Å². The third kappa shape index (κ3) is 2.89. The van der Waals surface area contributed by atoms with Crippen LogP contribution in [0.25, 0.3) is 11.4 Å². The Morgan fingerprint density at radius 2 is 1.71 bits per heavy atom. The van der Waals surface area contributed by atoms with Crippen LogP contribution in [-0.4, -0.2) is 14.5 Å². The van der Waals surface area contributed by atoms with Crippen molar-refractivity contribution < 1.29 is 0 Å². The van der Waals surface area contributed by atoms with E-state index in [4.69, 9.17) is 17.2 Å². The number of rotatable bonds is 3. The van der Waals surface area contributed by atoms with Gasteiger partial charge < -0.3 is 4.57 Å². The molecule has 120 valence electrons. The average Bonchev–Trinajstić information content (AvgIpc) is 2.65. The first kappa shape index (κ1) is 15.2. The maximum absolute atomic E-state index is 5.62. The fourth-order valence-electron chi connectivity index (χ4n) is 3.42. The molecular formula is C20H19N3S. The molecule has 2 aromatic heterocycles. The van der Waals surface area contributed by atoms with Gasteiger partial charge in [-0.3, -0.25) is 4.98 Å². The molecule has 4 heteroatoms. The summed E-state index contributed by atoms with van der Waals surface area (Å²) in [7, 11) is 0. The van der Waals surface area contributed by atoms with Crippen LogP contribution in [-0.2, 0) is 19.4 Å². The molecule has 0 saturated heterocycles. The standard InChI is InChI=1S/C20H19N3S/c24-20-17-8-4-5-9-18(17)23(14-15-10-12-21-13-11-15)19(22-20)16-6-2-1-3-7-16/h1-3,6-7,10-13H,4-5,8-9,14H2. The van der Waals surface area contributed by atoms with Crippen molar-refractivity contribution in [2.75, 3.05) is 0 Å². The van der Waals surface area contributed by atoms with Crippen molar-refractivity contribution in [3.63, 3.8) is 0 Å². The Morgan fingerprint density at radius 3 is 2.50 bits per heavy atom. The molecule has 0 unspecified atom stereocenters. The molecule has 1 aromatic carbocycles. The maximum atomic E-state index is 5.62. The molecule has 0 spiro atoms. The van der Waals surface area contributed by atoms with Crippen LogP contribution in [0.3, 0.4) is 0 Å². The lowest BCUT2D eigenvalue weighted by atomic mass is 9.96. The number of benzene rings is 1. The molecule has 0 radical (unpaired) electrons. The molecule has 0 atom stereocenters. The Balaban J connectivity index is 1.92. The van der Waals surface area contributed by atoms with Gasteiger partial charge >= 0.3 is 0 Å². The van der Waals surface area contributed by atoms with Crippen LogP contribution < -0.4 is 0 Å². The van der Waals surface area contributed by atoms with Gasteiger partial charge in [-0.15, -0.1) is 0 Å². The quantitative estimate of drug-likeness (QED) is 0.656. The van der Waals surface area contributed by atoms with Gasteiger partial charge in [0, 0.05) is 35.8 Å². The van der Waals surface area contributed by atoms with Gasteiger partial charge in [0.2, 0.25) is 0 Å². The van der Waals surface area contributed by atoms with Crippen molar-refractivity contribution in [1.29, 1.82) is 0 Å². The first-order chi connectivity index (χ1) is 11.8. The Morgan fingerprint density at radius 1 is 0.958 bits per heavy atom. The lowest BCUT2D eigenvalue weighted by molar-refractivity contribution is 0.603. The molecule has 2 heterocycles. The third-order valence-corrected chi connectivity index (χ3v) is 4.95. The van der Waals surface area contributed by atoms with E-state index < -0.39 is 0 Å². The van der Waals surface area contributed by atoms with E-state index in [1.54, 1.807) is 0 Å². The van der Waals surface area contributed by atoms with Crippen LogP contribution in [0.1, 0.15) is 29.7 Å². The Kier molecular flexibility index (Phi) is 4.22. The first-order valence-corrected chi connectivity index (χ1v) is 8.80. The normalized spacial score (nSPS) is 13.5. The SMILES string of the molecule is S=c1nc(-c2ccccc2)n(Cc2ccncc2)c2c1CCCC2. The van der Waals surface area contributed by atoms with Crippen LogP contribution in [0.15, 0.2) is 54.9 Å². The Bertz CT molecular complexity index is 901. The molecule has 0 saturated carbocycles. The van der Waals surface area contributed by atoms with E-state index >= 15 is 0 Å². The number of nitrogens with zero attached hydrogens (tertiary/aromatic N) is 3. The van der Waals surface area contributed by atoms with E-state index in [1.807, 2.05) is 18.5 Å². The summed E-state index contributed by atoms with van der Waals surface area (Å²) in [6.45, 7) is 0.803. The van der Waals surface area contributed by atoms with Crippen LogP contribution in [0.5, 0.6) is 0 Å². The largest absolute Gasteiger partial charge is 0.325 e. The molecule has 0 N–H and O–H groups in total. The molecular weight excluding hydrogens is 314 g/mol. The predicted molar refractivity (Wildman–Crippen MR) is 98.5 cm³/mol. The molecule has 0 fully saturated rings. The van der Waals surface area contributed by atoms with Gasteiger partial charge in [0.15, 0.2) is 0 Å². The highest BCUT2D eigenvalue weighted by molar-refractivity contribution is 7.71. The minimum atomic E-state index is 0.773. The van der Waals surface area contributed by atoms with Gasteiger partial charge in [0.25, 0.3) is 0 Å². The second kappa shape index (κ2) is 6.65. The number of hydrogen-bond donors (Lipinski definition) is 0. The summed E-state index contributed by atoms with van der Waals surface area (Å²) in [4.78, 5) is 8.94. The van der Waals surface area contributed by atoms with Crippen molar-refractivity contribution in [2.24, 2.45) is 0 Å². The highest BCUT2D eigenvalue weighted by Crippen LogP contribution is 2.28. The predicted octanol–water partition coefficient (Wildman–Crippen LogP) is 4.60. The molecule has 1 aliphatic carbocycles. The molecule has 0 aliphatic heterocycles. The van der Waals surface area contributed by atoms with Gasteiger partial charge in [-0.05, 0) is 43.4 Å². The smallest absolute Gasteiger partial charge is 0.142 e. The van der Waals surface area contributed by atoms with E-state index in [-0.39, 0.29) is 0 Å². The van der Waals surface area contributed by atoms with Crippen molar-refractivity contribution in [3.8, 4) is 11.4 Å². The van der Waals surface area contributed by atoms with Gasteiger partial charge in [0.1, 0.15) is 10.5 Å². The van der Waals surface area contributed by atoms with Gasteiger partial charge in [-0.2, -0.15) is 0 Å². The summed E-state index contributed by atoms with van der Waals surface area (Å²) in [5.74, 6) is 0.970. The van der Waals surface area contributed by atoms with E-state index in [0.29, 0.717) is 0 Å². The zero-order chi connectivity index (χ0) is 16.4. The maximum Gasteiger partial charge on any atom is 0.142 e. The lowest BCUT2D eigenvalue weighted by Crippen LogP contribution is -2.18. The lowest BCUT2D eigenvalue weighted by Gasteiger charge is -2.24. The van der Waals surface area contributed by atoms with E-state index in [9.17, 15) is 0 Å². The molecule has 0 bridgehead atoms. The summed E-state index contributed by atoms with van der Waals surface area (Å²) >= 11 is 5.62. The number of hydrogen-bond acceptors (Lipinski definition) is 3. The van der Waals surface area contributed by atoms with Crippen LogP contribution in [0, 0.1) is 4.64 Å². The second-order valence-corrected chi connectivity index (χ2v) is 6.57. The van der Waals surface area contributed by atoms with Crippen LogP contribution in [0.4, 0.5) is 0 Å². The highest BCUT2D eigenvalue weighted by atomic mass is 32.1. The number of aromatic nitrogens is 3. The summed E-state index contributed by atoms with van der Waals surface area (Å²) in [5.41, 5.74) is 4.98. The molecule has 24 heavy (non-hydrogen) atoms. The van der Waals surface area contributed by atoms with Crippen LogP contribution >= 0.6 is 12.2 Å². The zero-order valence-electron chi connectivity index (χ0n) is 13.5. The zero-order valence-corrected chi connectivity index (χ0v) is 14.3. The summed E-state index contributed by atoms with van der Waals surface area (Å²) in [6.07, 6.45) is 8.24. The third-order valence-electron chi connectivity index (χ3n) is 4.61. The number of pyridine rings is 1. The summed E-state index contributed by atoms with van der Waals surface area (Å²) in [6, 6.07) is 14.5. The molecule has 4 rings (SSSR count). The Hall–Kier alpha value is -2.33. The minimum Gasteiger partial charge on any atom is -0.325 e. The molecule has 3 aromatic rings. The van der Waals surface area contributed by atoms with Crippen molar-refractivity contribution in [2.45, 2.75) is 32.2 Å². The highest BCUT2D eigenvalue weighted by Gasteiger charge is 2.19. The Labute approximate surface area is 147 Å². The first-order valence-electron chi connectivity index (χ1n) is 8.40. The summed E-state index contributed by atoms with van der Waals surface area (Å²) in [5, 5.41) is 0. The van der Waals surface area contributed by atoms with Gasteiger partial charge in [-0.1, -0.05) is 42.5 Å². The average molecular weight is 333 g/mol. The van der Waals surface area contributed by atoms with Crippen molar-refractivity contribution >= 4 is 12.2 Å². The van der Waals surface area contributed by atoms with Gasteiger partial charge in [0.05, 0.1) is 0 Å². The summed E-state index contributed by atoms with van der Waals surface area (Å²) < 4.78 is 3.13. The van der Waals surface area contributed by atoms with Crippen molar-refractivity contribution in [3.05, 3.63) is 76.3 Å². The minimum absolute atomic E-state index is 0.773. The van der Waals surface area contributed by atoms with E-state index in [0.717, 1.165) is 35.4 Å². The second-order valence-electron chi connectivity index (χ2n) is 6.18. The monoisotopic (exact) mass is 333 g/mol. The van der Waals surface area contributed by atoms with Crippen molar-refractivity contribution in [1.82, 2.24) is 14.5 Å². The topological polar surface area (TPSA) is 30.7 Å². The molecule has 3 nitrogen and oxygen atoms in total. The fraction of sp³-hybridized carbons (Fsp3) is 0.250. The van der Waals surface area contributed by atoms with Crippen LogP contribution in [0.2, 0.25) is 0 Å². The molecule has 1 aliphatic rings. The fourth-order valence-corrected chi connectivity index (χ4v) is 3.72. The number of fused-ring (bicyclic) bond motifs is 1.